The summed E-state index contributed by atoms with van der Waals surface area (Å²) < 4.78 is 44.5. The van der Waals surface area contributed by atoms with Gasteiger partial charge in [-0.25, -0.2) is 0 Å². The quantitative estimate of drug-likeness (QED) is 0.820. The molecule has 1 N–H and O–H groups in total. The first-order chi connectivity index (χ1) is 9.90. The van der Waals surface area contributed by atoms with Crippen LogP contribution in [0, 0.1) is 0 Å². The van der Waals surface area contributed by atoms with E-state index in [4.69, 9.17) is 4.74 Å². The fraction of sp³-hybridized carbons (Fsp3) is 0.200. The number of halogens is 4. The highest BCUT2D eigenvalue weighted by atomic mass is 79.9. The van der Waals surface area contributed by atoms with E-state index in [1.54, 1.807) is 31.4 Å². The summed E-state index contributed by atoms with van der Waals surface area (Å²) in [5.41, 5.74) is 0.193. The van der Waals surface area contributed by atoms with E-state index in [-0.39, 0.29) is 12.2 Å². The number of hydrogen-bond acceptors (Lipinski definition) is 2. The van der Waals surface area contributed by atoms with E-state index in [2.05, 4.69) is 21.2 Å². The van der Waals surface area contributed by atoms with E-state index >= 15 is 0 Å². The number of benzene rings is 2. The van der Waals surface area contributed by atoms with Crippen LogP contribution in [0.4, 0.5) is 18.9 Å². The lowest BCUT2D eigenvalue weighted by molar-refractivity contribution is -0.137. The van der Waals surface area contributed by atoms with Gasteiger partial charge in [0.25, 0.3) is 0 Å². The third-order valence-corrected chi connectivity index (χ3v) is 3.40. The molecule has 0 aliphatic heterocycles. The first kappa shape index (κ1) is 15.7. The van der Waals surface area contributed by atoms with Gasteiger partial charge in [0, 0.05) is 16.7 Å². The second kappa shape index (κ2) is 6.39. The summed E-state index contributed by atoms with van der Waals surface area (Å²) >= 11 is 3.06. The molecule has 0 atom stereocenters. The van der Waals surface area contributed by atoms with Crippen LogP contribution in [-0.2, 0) is 12.7 Å². The minimum Gasteiger partial charge on any atom is -0.497 e. The summed E-state index contributed by atoms with van der Waals surface area (Å²) in [4.78, 5) is 0. The second-order valence-electron chi connectivity index (χ2n) is 4.39. The van der Waals surface area contributed by atoms with Crippen LogP contribution in [0.5, 0.6) is 5.75 Å². The molecule has 0 bridgehead atoms. The summed E-state index contributed by atoms with van der Waals surface area (Å²) in [6, 6.07) is 11.2. The Morgan fingerprint density at radius 2 is 1.90 bits per heavy atom. The highest BCUT2D eigenvalue weighted by Crippen LogP contribution is 2.36. The maximum absolute atomic E-state index is 13.0. The highest BCUT2D eigenvalue weighted by Gasteiger charge is 2.33. The monoisotopic (exact) mass is 359 g/mol. The van der Waals surface area contributed by atoms with Crippen molar-refractivity contribution in [1.29, 1.82) is 0 Å². The van der Waals surface area contributed by atoms with Gasteiger partial charge in [-0.05, 0) is 35.9 Å². The Bertz CT molecular complexity index is 629. The minimum absolute atomic E-state index is 0.0496. The van der Waals surface area contributed by atoms with E-state index < -0.39 is 11.7 Å². The van der Waals surface area contributed by atoms with E-state index in [9.17, 15) is 13.2 Å². The Hall–Kier alpha value is -1.69. The van der Waals surface area contributed by atoms with Crippen molar-refractivity contribution < 1.29 is 17.9 Å². The Morgan fingerprint density at radius 1 is 1.14 bits per heavy atom. The average molecular weight is 360 g/mol. The summed E-state index contributed by atoms with van der Waals surface area (Å²) in [5, 5.41) is 2.82. The molecule has 2 rings (SSSR count). The van der Waals surface area contributed by atoms with Crippen molar-refractivity contribution in [3.8, 4) is 5.75 Å². The molecule has 0 aliphatic rings. The third-order valence-electron chi connectivity index (χ3n) is 2.90. The van der Waals surface area contributed by atoms with Crippen LogP contribution >= 0.6 is 15.9 Å². The molecule has 0 saturated carbocycles. The van der Waals surface area contributed by atoms with Gasteiger partial charge in [0.15, 0.2) is 0 Å². The predicted molar refractivity (Wildman–Crippen MR) is 79.5 cm³/mol. The van der Waals surface area contributed by atoms with Crippen LogP contribution in [-0.4, -0.2) is 7.11 Å². The molecule has 2 nitrogen and oxygen atoms in total. The number of hydrogen-bond donors (Lipinski definition) is 1. The van der Waals surface area contributed by atoms with E-state index in [1.807, 2.05) is 6.07 Å². The Kier molecular flexibility index (Phi) is 4.77. The van der Waals surface area contributed by atoms with Crippen LogP contribution in [0.15, 0.2) is 46.9 Å². The van der Waals surface area contributed by atoms with Crippen molar-refractivity contribution in [3.63, 3.8) is 0 Å². The molecular formula is C15H13BrF3NO. The molecule has 0 saturated heterocycles. The van der Waals surface area contributed by atoms with E-state index in [1.165, 1.54) is 6.07 Å². The number of methoxy groups -OCH3 is 1. The van der Waals surface area contributed by atoms with Crippen LogP contribution < -0.4 is 10.1 Å². The summed E-state index contributed by atoms with van der Waals surface area (Å²) in [7, 11) is 1.54. The second-order valence-corrected chi connectivity index (χ2v) is 5.31. The van der Waals surface area contributed by atoms with Crippen LogP contribution in [0.1, 0.15) is 11.1 Å². The van der Waals surface area contributed by atoms with Crippen LogP contribution in [0.3, 0.4) is 0 Å². The smallest absolute Gasteiger partial charge is 0.418 e. The van der Waals surface area contributed by atoms with Gasteiger partial charge in [-0.3, -0.25) is 0 Å². The van der Waals surface area contributed by atoms with Crippen molar-refractivity contribution in [2.45, 2.75) is 12.7 Å². The van der Waals surface area contributed by atoms with Crippen molar-refractivity contribution in [2.75, 3.05) is 12.4 Å². The molecule has 0 spiro atoms. The normalized spacial score (nSPS) is 11.3. The van der Waals surface area contributed by atoms with Gasteiger partial charge < -0.3 is 10.1 Å². The molecular weight excluding hydrogens is 347 g/mol. The molecule has 0 aromatic heterocycles. The number of nitrogens with one attached hydrogen (secondary N) is 1. The fourth-order valence-electron chi connectivity index (χ4n) is 1.88. The molecule has 2 aromatic carbocycles. The van der Waals surface area contributed by atoms with Crippen molar-refractivity contribution >= 4 is 21.6 Å². The average Bonchev–Trinajstić information content (AvgIpc) is 2.45. The van der Waals surface area contributed by atoms with E-state index in [0.29, 0.717) is 10.2 Å². The van der Waals surface area contributed by atoms with Gasteiger partial charge in [-0.15, -0.1) is 0 Å². The zero-order valence-corrected chi connectivity index (χ0v) is 12.8. The standard InChI is InChI=1S/C15H13BrF3NO/c1-21-12-4-2-3-10(7-12)9-20-14-6-5-11(16)8-13(14)15(17,18)19/h2-8,20H,9H2,1H3. The first-order valence-corrected chi connectivity index (χ1v) is 6.93. The molecule has 2 aromatic rings. The molecule has 0 fully saturated rings. The molecule has 6 heteroatoms. The maximum atomic E-state index is 13.0. The summed E-state index contributed by atoms with van der Waals surface area (Å²) in [6.45, 7) is 0.280. The van der Waals surface area contributed by atoms with Gasteiger partial charge in [-0.2, -0.15) is 13.2 Å². The fourth-order valence-corrected chi connectivity index (χ4v) is 2.25. The Morgan fingerprint density at radius 3 is 2.57 bits per heavy atom. The van der Waals surface area contributed by atoms with Crippen LogP contribution in [0.25, 0.3) is 0 Å². The molecule has 112 valence electrons. The van der Waals surface area contributed by atoms with Crippen molar-refractivity contribution in [2.24, 2.45) is 0 Å². The number of alkyl halides is 3. The minimum atomic E-state index is -4.40. The SMILES string of the molecule is COc1cccc(CNc2ccc(Br)cc2C(F)(F)F)c1. The van der Waals surface area contributed by atoms with E-state index in [0.717, 1.165) is 11.6 Å². The van der Waals surface area contributed by atoms with Crippen molar-refractivity contribution in [1.82, 2.24) is 0 Å². The lowest BCUT2D eigenvalue weighted by Gasteiger charge is -2.15. The molecule has 0 amide bonds. The predicted octanol–water partition coefficient (Wildman–Crippen LogP) is 5.09. The highest BCUT2D eigenvalue weighted by molar-refractivity contribution is 9.10. The Labute approximate surface area is 129 Å². The first-order valence-electron chi connectivity index (χ1n) is 6.13. The number of ether oxygens (including phenoxy) is 1. The maximum Gasteiger partial charge on any atom is 0.418 e. The van der Waals surface area contributed by atoms with Gasteiger partial charge in [0.2, 0.25) is 0 Å². The van der Waals surface area contributed by atoms with Gasteiger partial charge >= 0.3 is 6.18 Å². The summed E-state index contributed by atoms with van der Waals surface area (Å²) in [5.74, 6) is 0.668. The number of rotatable bonds is 4. The van der Waals surface area contributed by atoms with Gasteiger partial charge in [0.05, 0.1) is 12.7 Å². The van der Waals surface area contributed by atoms with Gasteiger partial charge in [-0.1, -0.05) is 28.1 Å². The zero-order valence-electron chi connectivity index (χ0n) is 11.2. The summed E-state index contributed by atoms with van der Waals surface area (Å²) in [6.07, 6.45) is -4.40. The lowest BCUT2D eigenvalue weighted by atomic mass is 10.1. The largest absolute Gasteiger partial charge is 0.497 e. The van der Waals surface area contributed by atoms with Gasteiger partial charge in [0.1, 0.15) is 5.75 Å². The van der Waals surface area contributed by atoms with Crippen molar-refractivity contribution in [3.05, 3.63) is 58.1 Å². The number of anilines is 1. The zero-order chi connectivity index (χ0) is 15.5. The lowest BCUT2D eigenvalue weighted by Crippen LogP contribution is -2.11. The topological polar surface area (TPSA) is 21.3 Å². The molecule has 0 unspecified atom stereocenters. The molecule has 0 heterocycles. The van der Waals surface area contributed by atoms with Crippen LogP contribution in [0.2, 0.25) is 0 Å². The Balaban J connectivity index is 2.20. The molecule has 0 radical (unpaired) electrons. The third kappa shape index (κ3) is 4.14. The molecule has 21 heavy (non-hydrogen) atoms. The molecule has 0 aliphatic carbocycles.